The fraction of sp³-hybridized carbons (Fsp3) is 0.100. The Hall–Kier alpha value is -3.46. The van der Waals surface area contributed by atoms with Gasteiger partial charge < -0.3 is 0 Å². The monoisotopic (exact) mass is 405 g/mol. The molecule has 1 aromatic heterocycles. The Kier molecular flexibility index (Phi) is 5.25. The predicted molar refractivity (Wildman–Crippen MR) is 99.2 cm³/mol. The number of hydrogen-bond donors (Lipinski definition) is 1. The van der Waals surface area contributed by atoms with Crippen LogP contribution in [0.15, 0.2) is 65.5 Å². The van der Waals surface area contributed by atoms with Crippen molar-refractivity contribution in [3.05, 3.63) is 93.7 Å². The van der Waals surface area contributed by atoms with E-state index in [-0.39, 0.29) is 16.9 Å². The van der Waals surface area contributed by atoms with Crippen LogP contribution < -0.4 is 16.4 Å². The van der Waals surface area contributed by atoms with Gasteiger partial charge in [-0.05, 0) is 61.5 Å². The van der Waals surface area contributed by atoms with E-state index in [4.69, 9.17) is 5.84 Å². The number of rotatable bonds is 3. The molecule has 1 amide bonds. The van der Waals surface area contributed by atoms with Crippen molar-refractivity contribution in [2.75, 3.05) is 5.01 Å². The van der Waals surface area contributed by atoms with Gasteiger partial charge in [-0.25, -0.2) is 15.2 Å². The molecule has 150 valence electrons. The summed E-state index contributed by atoms with van der Waals surface area (Å²) in [6, 6.07) is 11.6. The lowest BCUT2D eigenvalue weighted by atomic mass is 10.1. The molecule has 0 fully saturated rings. The first-order chi connectivity index (χ1) is 13.6. The van der Waals surface area contributed by atoms with Crippen LogP contribution in [0.4, 0.5) is 23.2 Å². The molecule has 0 aliphatic carbocycles. The highest BCUT2D eigenvalue weighted by molar-refractivity contribution is 6.05. The van der Waals surface area contributed by atoms with Gasteiger partial charge in [0.1, 0.15) is 11.4 Å². The summed E-state index contributed by atoms with van der Waals surface area (Å²) in [4.78, 5) is 25.6. The highest BCUT2D eigenvalue weighted by Gasteiger charge is 2.31. The number of nitrogens with zero attached hydrogens (tertiary/aromatic N) is 2. The first kappa shape index (κ1) is 20.3. The Bertz CT molecular complexity index is 1120. The van der Waals surface area contributed by atoms with E-state index in [1.165, 1.54) is 43.3 Å². The standard InChI is InChI=1S/C20H15F4N3O2/c1-12-5-10-17(19(29)27(25)15-8-6-14(21)7-9-15)18(28)26(12)16-4-2-3-13(11-16)20(22,23)24/h2-11H,25H2,1H3. The lowest BCUT2D eigenvalue weighted by Crippen LogP contribution is -2.41. The van der Waals surface area contributed by atoms with E-state index in [9.17, 15) is 27.2 Å². The highest BCUT2D eigenvalue weighted by atomic mass is 19.4. The number of nitrogens with two attached hydrogens (primary N) is 1. The van der Waals surface area contributed by atoms with Crippen molar-refractivity contribution in [3.63, 3.8) is 0 Å². The Morgan fingerprint density at radius 1 is 1.03 bits per heavy atom. The van der Waals surface area contributed by atoms with Gasteiger partial charge in [0.2, 0.25) is 0 Å². The molecule has 0 atom stereocenters. The van der Waals surface area contributed by atoms with Crippen molar-refractivity contribution in [2.45, 2.75) is 13.1 Å². The first-order valence-corrected chi connectivity index (χ1v) is 8.34. The van der Waals surface area contributed by atoms with Crippen LogP contribution >= 0.6 is 0 Å². The number of amides is 1. The number of carbonyl (C=O) groups excluding carboxylic acids is 1. The second kappa shape index (κ2) is 7.51. The number of benzene rings is 2. The van der Waals surface area contributed by atoms with E-state index in [1.54, 1.807) is 0 Å². The third-order valence-electron chi connectivity index (χ3n) is 4.26. The van der Waals surface area contributed by atoms with Gasteiger partial charge in [-0.2, -0.15) is 13.2 Å². The molecule has 0 saturated heterocycles. The lowest BCUT2D eigenvalue weighted by Gasteiger charge is -2.18. The van der Waals surface area contributed by atoms with Crippen LogP contribution in [0.2, 0.25) is 0 Å². The molecule has 9 heteroatoms. The summed E-state index contributed by atoms with van der Waals surface area (Å²) in [5, 5.41) is 0.669. The van der Waals surface area contributed by atoms with Crippen LogP contribution in [0.5, 0.6) is 0 Å². The van der Waals surface area contributed by atoms with Crippen molar-refractivity contribution in [3.8, 4) is 5.69 Å². The summed E-state index contributed by atoms with van der Waals surface area (Å²) in [5.41, 5.74) is -1.67. The molecule has 29 heavy (non-hydrogen) atoms. The average Bonchev–Trinajstić information content (AvgIpc) is 2.67. The predicted octanol–water partition coefficient (Wildman–Crippen LogP) is 3.82. The van der Waals surface area contributed by atoms with Crippen LogP contribution in [-0.4, -0.2) is 10.5 Å². The van der Waals surface area contributed by atoms with E-state index >= 15 is 0 Å². The van der Waals surface area contributed by atoms with Gasteiger partial charge in [-0.15, -0.1) is 0 Å². The van der Waals surface area contributed by atoms with E-state index in [2.05, 4.69) is 0 Å². The molecule has 0 aliphatic rings. The first-order valence-electron chi connectivity index (χ1n) is 8.34. The number of halogens is 4. The van der Waals surface area contributed by atoms with Gasteiger partial charge in [0.25, 0.3) is 11.5 Å². The van der Waals surface area contributed by atoms with Crippen molar-refractivity contribution in [1.82, 2.24) is 4.57 Å². The van der Waals surface area contributed by atoms with Crippen molar-refractivity contribution in [2.24, 2.45) is 5.84 Å². The number of hydrazine groups is 1. The van der Waals surface area contributed by atoms with Crippen LogP contribution in [-0.2, 0) is 6.18 Å². The number of aryl methyl sites for hydroxylation is 1. The summed E-state index contributed by atoms with van der Waals surface area (Å²) < 4.78 is 53.1. The fourth-order valence-corrected chi connectivity index (χ4v) is 2.78. The third-order valence-corrected chi connectivity index (χ3v) is 4.26. The molecule has 0 aliphatic heterocycles. The minimum atomic E-state index is -4.59. The van der Waals surface area contributed by atoms with Crippen LogP contribution in [0.1, 0.15) is 21.6 Å². The summed E-state index contributed by atoms with van der Waals surface area (Å²) in [5.74, 6) is 4.34. The zero-order valence-corrected chi connectivity index (χ0v) is 15.1. The second-order valence-electron chi connectivity index (χ2n) is 6.23. The quantitative estimate of drug-likeness (QED) is 0.312. The molecule has 0 spiro atoms. The van der Waals surface area contributed by atoms with Crippen LogP contribution in [0, 0.1) is 12.7 Å². The largest absolute Gasteiger partial charge is 0.416 e. The van der Waals surface area contributed by atoms with Gasteiger partial charge in [0.05, 0.1) is 11.3 Å². The van der Waals surface area contributed by atoms with Gasteiger partial charge in [0.15, 0.2) is 0 Å². The van der Waals surface area contributed by atoms with Gasteiger partial charge in [-0.3, -0.25) is 14.2 Å². The molecular weight excluding hydrogens is 390 g/mol. The van der Waals surface area contributed by atoms with Gasteiger partial charge in [0, 0.05) is 11.4 Å². The van der Waals surface area contributed by atoms with Crippen LogP contribution in [0.25, 0.3) is 5.69 Å². The van der Waals surface area contributed by atoms with E-state index < -0.39 is 29.0 Å². The normalized spacial score (nSPS) is 11.4. The maximum atomic E-state index is 13.1. The summed E-state index contributed by atoms with van der Waals surface area (Å²) >= 11 is 0. The lowest BCUT2D eigenvalue weighted by molar-refractivity contribution is -0.137. The molecule has 3 aromatic rings. The summed E-state index contributed by atoms with van der Waals surface area (Å²) in [6.07, 6.45) is -4.59. The maximum absolute atomic E-state index is 13.1. The molecule has 2 aromatic carbocycles. The van der Waals surface area contributed by atoms with Crippen molar-refractivity contribution < 1.29 is 22.4 Å². The molecule has 5 nitrogen and oxygen atoms in total. The number of pyridine rings is 1. The fourth-order valence-electron chi connectivity index (χ4n) is 2.78. The van der Waals surface area contributed by atoms with E-state index in [0.717, 1.165) is 28.8 Å². The topological polar surface area (TPSA) is 68.3 Å². The average molecular weight is 405 g/mol. The Labute approximate surface area is 162 Å². The van der Waals surface area contributed by atoms with Crippen molar-refractivity contribution in [1.29, 1.82) is 0 Å². The Balaban J connectivity index is 2.07. The minimum absolute atomic E-state index is 0.0395. The number of carbonyl (C=O) groups is 1. The number of hydrogen-bond acceptors (Lipinski definition) is 3. The Morgan fingerprint density at radius 2 is 1.69 bits per heavy atom. The van der Waals surface area contributed by atoms with Gasteiger partial charge in [-0.1, -0.05) is 6.07 Å². The molecule has 0 radical (unpaired) electrons. The number of anilines is 1. The third kappa shape index (κ3) is 4.04. The summed E-state index contributed by atoms with van der Waals surface area (Å²) in [6.45, 7) is 1.52. The van der Waals surface area contributed by atoms with E-state index in [0.29, 0.717) is 10.7 Å². The highest BCUT2D eigenvalue weighted by Crippen LogP contribution is 2.30. The van der Waals surface area contributed by atoms with Gasteiger partial charge >= 0.3 is 6.18 Å². The smallest absolute Gasteiger partial charge is 0.281 e. The zero-order chi connectivity index (χ0) is 21.3. The molecule has 1 heterocycles. The molecular formula is C20H15F4N3O2. The molecule has 0 unspecified atom stereocenters. The van der Waals surface area contributed by atoms with Crippen molar-refractivity contribution >= 4 is 11.6 Å². The summed E-state index contributed by atoms with van der Waals surface area (Å²) in [7, 11) is 0. The Morgan fingerprint density at radius 3 is 2.31 bits per heavy atom. The molecule has 3 rings (SSSR count). The van der Waals surface area contributed by atoms with Crippen LogP contribution in [0.3, 0.4) is 0 Å². The SMILES string of the molecule is Cc1ccc(C(=O)N(N)c2ccc(F)cc2)c(=O)n1-c1cccc(C(F)(F)F)c1. The molecule has 0 saturated carbocycles. The van der Waals surface area contributed by atoms with E-state index in [1.807, 2.05) is 0 Å². The number of alkyl halides is 3. The number of aromatic nitrogens is 1. The second-order valence-corrected chi connectivity index (χ2v) is 6.23. The zero-order valence-electron chi connectivity index (χ0n) is 15.1. The minimum Gasteiger partial charge on any atom is -0.281 e. The molecule has 0 bridgehead atoms. The maximum Gasteiger partial charge on any atom is 0.416 e. The molecule has 2 N–H and O–H groups in total.